The van der Waals surface area contributed by atoms with Gasteiger partial charge in [-0.25, -0.2) is 0 Å². The van der Waals surface area contributed by atoms with Gasteiger partial charge in [-0.15, -0.1) is 10.2 Å². The molecule has 1 aromatic carbocycles. The summed E-state index contributed by atoms with van der Waals surface area (Å²) in [6.07, 6.45) is 6.66. The Kier molecular flexibility index (Phi) is 6.02. The molecule has 0 aliphatic rings. The van der Waals surface area contributed by atoms with Crippen LogP contribution in [0.2, 0.25) is 0 Å². The van der Waals surface area contributed by atoms with Crippen molar-refractivity contribution in [1.29, 1.82) is 0 Å². The number of aromatic nitrogens is 4. The smallest absolute Gasteiger partial charge is 0.174 e. The van der Waals surface area contributed by atoms with E-state index < -0.39 is 0 Å². The molecule has 0 spiro atoms. The third kappa shape index (κ3) is 4.99. The zero-order valence-corrected chi connectivity index (χ0v) is 12.0. The van der Waals surface area contributed by atoms with E-state index in [1.807, 2.05) is 0 Å². The highest BCUT2D eigenvalue weighted by molar-refractivity contribution is 5.27. The minimum Gasteiger partial charge on any atom is -0.494 e. The Balaban J connectivity index is 1.65. The van der Waals surface area contributed by atoms with Gasteiger partial charge in [-0.05, 0) is 37.0 Å². The van der Waals surface area contributed by atoms with Gasteiger partial charge in [-0.3, -0.25) is 0 Å². The molecule has 1 N–H and O–H groups in total. The fourth-order valence-electron chi connectivity index (χ4n) is 2.04. The van der Waals surface area contributed by atoms with Crippen LogP contribution < -0.4 is 4.74 Å². The van der Waals surface area contributed by atoms with Crippen LogP contribution >= 0.6 is 0 Å². The Bertz CT molecular complexity index is 467. The topological polar surface area (TPSA) is 63.7 Å². The van der Waals surface area contributed by atoms with Gasteiger partial charge in [0.1, 0.15) is 5.75 Å². The summed E-state index contributed by atoms with van der Waals surface area (Å²) in [6, 6.07) is 8.42. The molecule has 0 atom stereocenters. The molecule has 1 heterocycles. The van der Waals surface area contributed by atoms with Crippen molar-refractivity contribution in [3.63, 3.8) is 0 Å². The summed E-state index contributed by atoms with van der Waals surface area (Å²) in [7, 11) is 0. The molecule has 0 radical (unpaired) electrons. The van der Waals surface area contributed by atoms with Crippen LogP contribution in [0.1, 0.15) is 44.0 Å². The molecule has 0 aliphatic heterocycles. The first-order valence-corrected chi connectivity index (χ1v) is 7.32. The quantitative estimate of drug-likeness (QED) is 0.714. The third-order valence-electron chi connectivity index (χ3n) is 3.20. The average molecular weight is 274 g/mol. The van der Waals surface area contributed by atoms with Crippen molar-refractivity contribution in [1.82, 2.24) is 20.6 Å². The average Bonchev–Trinajstić information content (AvgIpc) is 2.99. The van der Waals surface area contributed by atoms with Gasteiger partial charge in [0.15, 0.2) is 5.82 Å². The van der Waals surface area contributed by atoms with E-state index in [1.54, 1.807) is 0 Å². The molecule has 0 aliphatic carbocycles. The lowest BCUT2D eigenvalue weighted by atomic mass is 10.1. The van der Waals surface area contributed by atoms with Gasteiger partial charge in [0.25, 0.3) is 0 Å². The third-order valence-corrected chi connectivity index (χ3v) is 3.20. The lowest BCUT2D eigenvalue weighted by Gasteiger charge is -2.06. The Hall–Kier alpha value is -1.91. The van der Waals surface area contributed by atoms with Crippen LogP contribution in [0.4, 0.5) is 0 Å². The van der Waals surface area contributed by atoms with Crippen LogP contribution in [0.15, 0.2) is 24.3 Å². The van der Waals surface area contributed by atoms with Crippen LogP contribution in [-0.2, 0) is 12.8 Å². The van der Waals surface area contributed by atoms with E-state index in [0.717, 1.165) is 30.8 Å². The molecular weight excluding hydrogens is 252 g/mol. The van der Waals surface area contributed by atoms with E-state index in [0.29, 0.717) is 6.61 Å². The standard InChI is InChI=1S/C15H22N4O/c1-2-3-4-6-13-8-10-14(11-9-13)20-12-5-7-15-16-18-19-17-15/h8-11H,2-7,12H2,1H3,(H,16,17,18,19). The van der Waals surface area contributed by atoms with Gasteiger partial charge >= 0.3 is 0 Å². The SMILES string of the molecule is CCCCCc1ccc(OCCCc2nn[nH]n2)cc1. The highest BCUT2D eigenvalue weighted by Crippen LogP contribution is 2.14. The predicted molar refractivity (Wildman–Crippen MR) is 77.7 cm³/mol. The van der Waals surface area contributed by atoms with Crippen molar-refractivity contribution in [3.8, 4) is 5.75 Å². The number of hydrogen-bond acceptors (Lipinski definition) is 4. The van der Waals surface area contributed by atoms with Gasteiger partial charge in [0.05, 0.1) is 6.61 Å². The lowest BCUT2D eigenvalue weighted by Crippen LogP contribution is -2.00. The van der Waals surface area contributed by atoms with Gasteiger partial charge in [-0.1, -0.05) is 37.1 Å². The minimum absolute atomic E-state index is 0.670. The van der Waals surface area contributed by atoms with E-state index in [1.165, 1.54) is 24.8 Å². The van der Waals surface area contributed by atoms with Crippen LogP contribution in [-0.4, -0.2) is 27.2 Å². The van der Waals surface area contributed by atoms with E-state index in [-0.39, 0.29) is 0 Å². The van der Waals surface area contributed by atoms with E-state index in [2.05, 4.69) is 51.8 Å². The van der Waals surface area contributed by atoms with E-state index in [9.17, 15) is 0 Å². The number of H-pyrrole nitrogens is 1. The van der Waals surface area contributed by atoms with Crippen molar-refractivity contribution in [3.05, 3.63) is 35.7 Å². The summed E-state index contributed by atoms with van der Waals surface area (Å²) in [5.41, 5.74) is 1.39. The predicted octanol–water partition coefficient (Wildman–Crippen LogP) is 2.94. The first kappa shape index (κ1) is 14.5. The maximum Gasteiger partial charge on any atom is 0.174 e. The molecule has 0 bridgehead atoms. The largest absolute Gasteiger partial charge is 0.494 e. The van der Waals surface area contributed by atoms with Crippen LogP contribution in [0, 0.1) is 0 Å². The second-order valence-corrected chi connectivity index (χ2v) is 4.88. The van der Waals surface area contributed by atoms with Crippen LogP contribution in [0.3, 0.4) is 0 Å². The van der Waals surface area contributed by atoms with Crippen LogP contribution in [0.5, 0.6) is 5.75 Å². The highest BCUT2D eigenvalue weighted by Gasteiger charge is 1.99. The number of aromatic amines is 1. The number of hydrogen-bond donors (Lipinski definition) is 1. The molecule has 20 heavy (non-hydrogen) atoms. The number of nitrogens with zero attached hydrogens (tertiary/aromatic N) is 3. The summed E-state index contributed by atoms with van der Waals surface area (Å²) < 4.78 is 5.70. The van der Waals surface area contributed by atoms with Gasteiger partial charge in [-0.2, -0.15) is 5.21 Å². The summed E-state index contributed by atoms with van der Waals surface area (Å²) in [5.74, 6) is 1.66. The second-order valence-electron chi connectivity index (χ2n) is 4.88. The zero-order chi connectivity index (χ0) is 14.0. The molecule has 1 aromatic heterocycles. The molecule has 2 aromatic rings. The van der Waals surface area contributed by atoms with Crippen molar-refractivity contribution < 1.29 is 4.74 Å². The van der Waals surface area contributed by atoms with E-state index >= 15 is 0 Å². The number of aryl methyl sites for hydroxylation is 2. The molecule has 2 rings (SSSR count). The van der Waals surface area contributed by atoms with Crippen molar-refractivity contribution >= 4 is 0 Å². The maximum absolute atomic E-state index is 5.70. The number of nitrogens with one attached hydrogen (secondary N) is 1. The van der Waals surface area contributed by atoms with Crippen molar-refractivity contribution in [2.75, 3.05) is 6.61 Å². The number of ether oxygens (including phenoxy) is 1. The molecule has 5 nitrogen and oxygen atoms in total. The Morgan fingerprint density at radius 2 is 1.90 bits per heavy atom. The summed E-state index contributed by atoms with van der Waals surface area (Å²) in [5, 5.41) is 13.8. The lowest BCUT2D eigenvalue weighted by molar-refractivity contribution is 0.310. The highest BCUT2D eigenvalue weighted by atomic mass is 16.5. The van der Waals surface area contributed by atoms with Gasteiger partial charge < -0.3 is 4.74 Å². The molecule has 108 valence electrons. The molecular formula is C15H22N4O. The normalized spacial score (nSPS) is 10.7. The first-order chi connectivity index (χ1) is 9.88. The monoisotopic (exact) mass is 274 g/mol. The Labute approximate surface area is 119 Å². The number of benzene rings is 1. The minimum atomic E-state index is 0.670. The first-order valence-electron chi connectivity index (χ1n) is 7.32. The van der Waals surface area contributed by atoms with Crippen molar-refractivity contribution in [2.24, 2.45) is 0 Å². The summed E-state index contributed by atoms with van der Waals surface area (Å²) >= 11 is 0. The number of rotatable bonds is 9. The Morgan fingerprint density at radius 1 is 1.05 bits per heavy atom. The Morgan fingerprint density at radius 3 is 2.60 bits per heavy atom. The van der Waals surface area contributed by atoms with Gasteiger partial charge in [0, 0.05) is 6.42 Å². The van der Waals surface area contributed by atoms with Crippen LogP contribution in [0.25, 0.3) is 0 Å². The van der Waals surface area contributed by atoms with Gasteiger partial charge in [0.2, 0.25) is 0 Å². The summed E-state index contributed by atoms with van der Waals surface area (Å²) in [4.78, 5) is 0. The number of unbranched alkanes of at least 4 members (excludes halogenated alkanes) is 2. The fourth-order valence-corrected chi connectivity index (χ4v) is 2.04. The molecule has 0 fully saturated rings. The van der Waals surface area contributed by atoms with Crippen molar-refractivity contribution in [2.45, 2.75) is 45.4 Å². The molecule has 0 unspecified atom stereocenters. The molecule has 0 saturated heterocycles. The second kappa shape index (κ2) is 8.30. The number of tetrazole rings is 1. The maximum atomic E-state index is 5.70. The molecule has 0 saturated carbocycles. The fraction of sp³-hybridized carbons (Fsp3) is 0.533. The molecule has 5 heteroatoms. The summed E-state index contributed by atoms with van der Waals surface area (Å²) in [6.45, 7) is 2.90. The zero-order valence-electron chi connectivity index (χ0n) is 12.0. The van der Waals surface area contributed by atoms with E-state index in [4.69, 9.17) is 4.74 Å². The molecule has 0 amide bonds.